The summed E-state index contributed by atoms with van der Waals surface area (Å²) >= 11 is 0. The molecule has 0 amide bonds. The molecular weight excluding hydrogens is 224 g/mol. The molecule has 6 nitrogen and oxygen atoms in total. The molecule has 1 aromatic rings. The van der Waals surface area contributed by atoms with Gasteiger partial charge in [0.15, 0.2) is 17.6 Å². The number of nitrogen functional groups attached to an aromatic ring is 1. The third-order valence-corrected chi connectivity index (χ3v) is 2.13. The van der Waals surface area contributed by atoms with Crippen molar-refractivity contribution < 1.29 is 19.4 Å². The molecule has 0 aliphatic carbocycles. The van der Waals surface area contributed by atoms with Gasteiger partial charge in [-0.15, -0.1) is 0 Å². The van der Waals surface area contributed by atoms with E-state index in [0.29, 0.717) is 11.3 Å². The third kappa shape index (κ3) is 2.87. The quantitative estimate of drug-likeness (QED) is 0.520. The van der Waals surface area contributed by atoms with Gasteiger partial charge in [-0.1, -0.05) is 6.07 Å². The van der Waals surface area contributed by atoms with E-state index in [9.17, 15) is 4.79 Å². The van der Waals surface area contributed by atoms with Gasteiger partial charge in [0.2, 0.25) is 0 Å². The lowest BCUT2D eigenvalue weighted by atomic mass is 10.1. The highest BCUT2D eigenvalue weighted by Gasteiger charge is 2.19. The van der Waals surface area contributed by atoms with E-state index in [1.54, 1.807) is 18.2 Å². The molecule has 0 fully saturated rings. The number of nitrogens with one attached hydrogen (secondary N) is 1. The Balaban J connectivity index is 3.18. The first kappa shape index (κ1) is 12.8. The second-order valence-corrected chi connectivity index (χ2v) is 3.35. The molecule has 4 N–H and O–H groups in total. The lowest BCUT2D eigenvalue weighted by molar-refractivity contribution is -0.144. The second-order valence-electron chi connectivity index (χ2n) is 3.35. The molecule has 0 saturated heterocycles. The van der Waals surface area contributed by atoms with Gasteiger partial charge in [0.05, 0.1) is 12.7 Å². The van der Waals surface area contributed by atoms with Crippen LogP contribution >= 0.6 is 0 Å². The monoisotopic (exact) mass is 238 g/mol. The normalized spacial score (nSPS) is 11.6. The van der Waals surface area contributed by atoms with Gasteiger partial charge in [0.25, 0.3) is 0 Å². The van der Waals surface area contributed by atoms with Crippen molar-refractivity contribution in [2.24, 2.45) is 5.73 Å². The minimum absolute atomic E-state index is 0.164. The van der Waals surface area contributed by atoms with Crippen molar-refractivity contribution in [2.45, 2.75) is 13.0 Å². The maximum atomic E-state index is 10.7. The Kier molecular flexibility index (Phi) is 3.92. The molecule has 0 saturated carbocycles. The number of carbonyl (C=O) groups is 1. The first-order valence-corrected chi connectivity index (χ1v) is 4.88. The topological polar surface area (TPSA) is 106 Å². The number of carboxylic acid groups (broad SMARTS) is 1. The zero-order valence-electron chi connectivity index (χ0n) is 9.56. The van der Waals surface area contributed by atoms with Crippen molar-refractivity contribution in [3.8, 4) is 11.5 Å². The van der Waals surface area contributed by atoms with Crippen LogP contribution in [0.2, 0.25) is 0 Å². The van der Waals surface area contributed by atoms with Crippen molar-refractivity contribution in [3.63, 3.8) is 0 Å². The van der Waals surface area contributed by atoms with Crippen LogP contribution in [0.5, 0.6) is 11.5 Å². The molecule has 1 rings (SSSR count). The molecule has 17 heavy (non-hydrogen) atoms. The Morgan fingerprint density at radius 2 is 2.18 bits per heavy atom. The van der Waals surface area contributed by atoms with Gasteiger partial charge in [-0.05, 0) is 19.1 Å². The summed E-state index contributed by atoms with van der Waals surface area (Å²) in [5, 5.41) is 16.2. The number of hydrogen-bond acceptors (Lipinski definition) is 4. The number of nitrogens with two attached hydrogens (primary N) is 1. The molecule has 0 aliphatic heterocycles. The van der Waals surface area contributed by atoms with Gasteiger partial charge in [-0.3, -0.25) is 5.41 Å². The number of rotatable bonds is 5. The van der Waals surface area contributed by atoms with Crippen LogP contribution in [0.15, 0.2) is 18.2 Å². The molecule has 92 valence electrons. The fraction of sp³-hybridized carbons (Fsp3) is 0.273. The molecule has 0 spiro atoms. The van der Waals surface area contributed by atoms with Gasteiger partial charge >= 0.3 is 5.97 Å². The van der Waals surface area contributed by atoms with E-state index in [2.05, 4.69) is 0 Å². The van der Waals surface area contributed by atoms with Crippen LogP contribution in [0, 0.1) is 5.41 Å². The first-order valence-electron chi connectivity index (χ1n) is 4.88. The van der Waals surface area contributed by atoms with E-state index in [1.165, 1.54) is 14.0 Å². The summed E-state index contributed by atoms with van der Waals surface area (Å²) in [5.41, 5.74) is 5.69. The summed E-state index contributed by atoms with van der Waals surface area (Å²) in [5.74, 6) is -0.815. The number of carboxylic acids is 1. The fourth-order valence-corrected chi connectivity index (χ4v) is 1.24. The largest absolute Gasteiger partial charge is 0.493 e. The van der Waals surface area contributed by atoms with Crippen LogP contribution in [-0.2, 0) is 4.79 Å². The number of amidine groups is 1. The summed E-state index contributed by atoms with van der Waals surface area (Å²) in [6.45, 7) is 1.39. The highest BCUT2D eigenvalue weighted by Crippen LogP contribution is 2.31. The van der Waals surface area contributed by atoms with Crippen LogP contribution in [0.4, 0.5) is 0 Å². The van der Waals surface area contributed by atoms with Crippen LogP contribution in [0.3, 0.4) is 0 Å². The predicted octanol–water partition coefficient (Wildman–Crippen LogP) is 0.831. The average molecular weight is 238 g/mol. The summed E-state index contributed by atoms with van der Waals surface area (Å²) in [6, 6.07) is 4.82. The maximum absolute atomic E-state index is 10.7. The zero-order chi connectivity index (χ0) is 13.0. The van der Waals surface area contributed by atoms with Gasteiger partial charge in [-0.25, -0.2) is 4.79 Å². The van der Waals surface area contributed by atoms with Crippen LogP contribution in [0.1, 0.15) is 12.5 Å². The third-order valence-electron chi connectivity index (χ3n) is 2.13. The van der Waals surface area contributed by atoms with Crippen LogP contribution in [0.25, 0.3) is 0 Å². The Morgan fingerprint density at radius 3 is 2.65 bits per heavy atom. The molecule has 0 bridgehead atoms. The molecule has 0 aromatic heterocycles. The Bertz CT molecular complexity index is 445. The maximum Gasteiger partial charge on any atom is 0.344 e. The molecule has 1 unspecified atom stereocenters. The molecule has 1 aromatic carbocycles. The molecule has 1 atom stereocenters. The number of aliphatic carboxylic acids is 1. The Morgan fingerprint density at radius 1 is 1.53 bits per heavy atom. The standard InChI is InChI=1S/C11H14N2O4/c1-6(11(14)15)17-9-7(10(12)13)4-3-5-8(9)16-2/h3-6H,1-2H3,(H3,12,13)(H,14,15). The number of para-hydroxylation sites is 1. The minimum atomic E-state index is -1.11. The first-order chi connectivity index (χ1) is 7.97. The van der Waals surface area contributed by atoms with Crippen molar-refractivity contribution in [2.75, 3.05) is 7.11 Å². The fourth-order valence-electron chi connectivity index (χ4n) is 1.24. The van der Waals surface area contributed by atoms with Crippen molar-refractivity contribution in [1.29, 1.82) is 5.41 Å². The molecular formula is C11H14N2O4. The number of methoxy groups -OCH3 is 1. The smallest absolute Gasteiger partial charge is 0.344 e. The van der Waals surface area contributed by atoms with Gasteiger partial charge < -0.3 is 20.3 Å². The lowest BCUT2D eigenvalue weighted by Crippen LogP contribution is -2.25. The van der Waals surface area contributed by atoms with E-state index in [4.69, 9.17) is 25.7 Å². The van der Waals surface area contributed by atoms with E-state index >= 15 is 0 Å². The minimum Gasteiger partial charge on any atom is -0.493 e. The van der Waals surface area contributed by atoms with Crippen molar-refractivity contribution in [1.82, 2.24) is 0 Å². The SMILES string of the molecule is COc1cccc(C(=N)N)c1OC(C)C(=O)O. The molecule has 0 aliphatic rings. The van der Waals surface area contributed by atoms with E-state index in [0.717, 1.165) is 0 Å². The second kappa shape index (κ2) is 5.20. The number of hydrogen-bond donors (Lipinski definition) is 3. The van der Waals surface area contributed by atoms with Crippen LogP contribution in [-0.4, -0.2) is 30.1 Å². The van der Waals surface area contributed by atoms with E-state index < -0.39 is 12.1 Å². The average Bonchev–Trinajstić information content (AvgIpc) is 2.28. The van der Waals surface area contributed by atoms with Crippen molar-refractivity contribution >= 4 is 11.8 Å². The predicted molar refractivity (Wildman–Crippen MR) is 61.7 cm³/mol. The van der Waals surface area contributed by atoms with Gasteiger partial charge in [0, 0.05) is 0 Å². The highest BCUT2D eigenvalue weighted by molar-refractivity contribution is 5.98. The Labute approximate surface area is 98.5 Å². The molecule has 6 heteroatoms. The van der Waals surface area contributed by atoms with E-state index in [-0.39, 0.29) is 11.6 Å². The molecule has 0 heterocycles. The van der Waals surface area contributed by atoms with Crippen LogP contribution < -0.4 is 15.2 Å². The number of benzene rings is 1. The summed E-state index contributed by atoms with van der Waals surface area (Å²) in [7, 11) is 1.43. The number of ether oxygens (including phenoxy) is 2. The summed E-state index contributed by atoms with van der Waals surface area (Å²) in [6.07, 6.45) is -1.05. The van der Waals surface area contributed by atoms with Gasteiger partial charge in [0.1, 0.15) is 5.84 Å². The van der Waals surface area contributed by atoms with Gasteiger partial charge in [-0.2, -0.15) is 0 Å². The Hall–Kier alpha value is -2.24. The lowest BCUT2D eigenvalue weighted by Gasteiger charge is -2.16. The summed E-state index contributed by atoms with van der Waals surface area (Å²) < 4.78 is 10.3. The van der Waals surface area contributed by atoms with Crippen molar-refractivity contribution in [3.05, 3.63) is 23.8 Å². The summed E-state index contributed by atoms with van der Waals surface area (Å²) in [4.78, 5) is 10.7. The van der Waals surface area contributed by atoms with E-state index in [1.807, 2.05) is 0 Å². The zero-order valence-corrected chi connectivity index (χ0v) is 9.56. The highest BCUT2D eigenvalue weighted by atomic mass is 16.5. The molecule has 0 radical (unpaired) electrons.